The van der Waals surface area contributed by atoms with E-state index in [1.54, 1.807) is 23.8 Å². The second kappa shape index (κ2) is 2.66. The largest absolute Gasteiger partial charge is 0.299 e. The van der Waals surface area contributed by atoms with Crippen molar-refractivity contribution >= 4 is 11.4 Å². The fourth-order valence-electron chi connectivity index (χ4n) is 2.03. The van der Waals surface area contributed by atoms with Gasteiger partial charge in [-0.15, -0.1) is 0 Å². The molecule has 4 nitrogen and oxygen atoms in total. The Morgan fingerprint density at radius 3 is 3.00 bits per heavy atom. The lowest BCUT2D eigenvalue weighted by atomic mass is 9.95. The lowest BCUT2D eigenvalue weighted by Crippen LogP contribution is -2.17. The molecule has 1 saturated carbocycles. The van der Waals surface area contributed by atoms with E-state index in [2.05, 4.69) is 10.1 Å². The van der Waals surface area contributed by atoms with Gasteiger partial charge in [0.2, 0.25) is 0 Å². The molecule has 0 N–H and O–H groups in total. The SMILES string of the molecule is CC(=O)C1(c2cnc3ccnn3c2)CC1. The number of aromatic nitrogens is 3. The molecule has 4 heteroatoms. The van der Waals surface area contributed by atoms with Crippen molar-refractivity contribution in [1.29, 1.82) is 0 Å². The van der Waals surface area contributed by atoms with Crippen LogP contribution >= 0.6 is 0 Å². The van der Waals surface area contributed by atoms with Crippen LogP contribution in [0.5, 0.6) is 0 Å². The second-order valence-electron chi connectivity index (χ2n) is 4.11. The first-order valence-corrected chi connectivity index (χ1v) is 5.03. The van der Waals surface area contributed by atoms with Crippen molar-refractivity contribution in [3.63, 3.8) is 0 Å². The normalized spacial score (nSPS) is 17.9. The summed E-state index contributed by atoms with van der Waals surface area (Å²) in [6.45, 7) is 1.65. The number of Topliss-reactive ketones (excluding diaryl/α,β-unsaturated/α-hetero) is 1. The molecule has 3 rings (SSSR count). The molecule has 0 saturated heterocycles. The number of hydrogen-bond acceptors (Lipinski definition) is 3. The summed E-state index contributed by atoms with van der Waals surface area (Å²) in [7, 11) is 0. The van der Waals surface area contributed by atoms with Gasteiger partial charge < -0.3 is 0 Å². The average molecular weight is 201 g/mol. The van der Waals surface area contributed by atoms with Gasteiger partial charge in [-0.05, 0) is 19.8 Å². The van der Waals surface area contributed by atoms with Crippen LogP contribution in [0.2, 0.25) is 0 Å². The number of hydrogen-bond donors (Lipinski definition) is 0. The Hall–Kier alpha value is -1.71. The Labute approximate surface area is 86.9 Å². The van der Waals surface area contributed by atoms with Crippen molar-refractivity contribution in [3.8, 4) is 0 Å². The first-order valence-electron chi connectivity index (χ1n) is 5.03. The molecule has 1 fully saturated rings. The Balaban J connectivity index is 2.15. The third-order valence-corrected chi connectivity index (χ3v) is 3.22. The van der Waals surface area contributed by atoms with E-state index in [0.29, 0.717) is 0 Å². The van der Waals surface area contributed by atoms with Crippen LogP contribution in [0.15, 0.2) is 24.7 Å². The van der Waals surface area contributed by atoms with Gasteiger partial charge in [-0.3, -0.25) is 4.79 Å². The van der Waals surface area contributed by atoms with Crippen molar-refractivity contribution in [2.75, 3.05) is 0 Å². The van der Waals surface area contributed by atoms with Crippen LogP contribution in [0.25, 0.3) is 5.65 Å². The molecule has 1 aliphatic carbocycles. The summed E-state index contributed by atoms with van der Waals surface area (Å²) in [6.07, 6.45) is 7.30. The maximum Gasteiger partial charge on any atom is 0.154 e. The minimum atomic E-state index is -0.257. The molecule has 0 bridgehead atoms. The van der Waals surface area contributed by atoms with E-state index in [9.17, 15) is 4.79 Å². The topological polar surface area (TPSA) is 47.3 Å². The van der Waals surface area contributed by atoms with Gasteiger partial charge in [-0.2, -0.15) is 5.10 Å². The quantitative estimate of drug-likeness (QED) is 0.736. The molecule has 0 atom stereocenters. The van der Waals surface area contributed by atoms with Crippen molar-refractivity contribution in [2.45, 2.75) is 25.2 Å². The van der Waals surface area contributed by atoms with Gasteiger partial charge in [0.25, 0.3) is 0 Å². The summed E-state index contributed by atoms with van der Waals surface area (Å²) < 4.78 is 1.72. The smallest absolute Gasteiger partial charge is 0.154 e. The number of carbonyl (C=O) groups is 1. The Kier molecular flexibility index (Phi) is 1.52. The van der Waals surface area contributed by atoms with E-state index in [-0.39, 0.29) is 11.2 Å². The van der Waals surface area contributed by atoms with Crippen LogP contribution in [0.4, 0.5) is 0 Å². The molecule has 15 heavy (non-hydrogen) atoms. The number of fused-ring (bicyclic) bond motifs is 1. The molecule has 2 aromatic heterocycles. The van der Waals surface area contributed by atoms with Gasteiger partial charge in [0.1, 0.15) is 5.78 Å². The lowest BCUT2D eigenvalue weighted by Gasteiger charge is -2.10. The van der Waals surface area contributed by atoms with Crippen LogP contribution in [0.3, 0.4) is 0 Å². The zero-order valence-electron chi connectivity index (χ0n) is 8.47. The van der Waals surface area contributed by atoms with E-state index >= 15 is 0 Å². The Morgan fingerprint density at radius 1 is 1.53 bits per heavy atom. The summed E-state index contributed by atoms with van der Waals surface area (Å²) in [4.78, 5) is 15.8. The fraction of sp³-hybridized carbons (Fsp3) is 0.364. The minimum Gasteiger partial charge on any atom is -0.299 e. The summed E-state index contributed by atoms with van der Waals surface area (Å²) >= 11 is 0. The van der Waals surface area contributed by atoms with Gasteiger partial charge in [-0.1, -0.05) is 0 Å². The predicted octanol–water partition coefficient (Wildman–Crippen LogP) is 1.35. The van der Waals surface area contributed by atoms with Crippen LogP contribution in [0, 0.1) is 0 Å². The molecule has 1 aliphatic rings. The van der Waals surface area contributed by atoms with Crippen molar-refractivity contribution in [1.82, 2.24) is 14.6 Å². The van der Waals surface area contributed by atoms with Crippen molar-refractivity contribution < 1.29 is 4.79 Å². The van der Waals surface area contributed by atoms with Gasteiger partial charge in [0.15, 0.2) is 5.65 Å². The fourth-order valence-corrected chi connectivity index (χ4v) is 2.03. The van der Waals surface area contributed by atoms with E-state index in [4.69, 9.17) is 0 Å². The number of rotatable bonds is 2. The monoisotopic (exact) mass is 201 g/mol. The summed E-state index contributed by atoms with van der Waals surface area (Å²) in [5, 5.41) is 4.12. The molecule has 0 spiro atoms. The highest BCUT2D eigenvalue weighted by Gasteiger charge is 2.49. The van der Waals surface area contributed by atoms with Crippen molar-refractivity contribution in [2.24, 2.45) is 0 Å². The first kappa shape index (κ1) is 8.59. The zero-order valence-corrected chi connectivity index (χ0v) is 8.47. The highest BCUT2D eigenvalue weighted by molar-refractivity contribution is 5.90. The molecular weight excluding hydrogens is 190 g/mol. The van der Waals surface area contributed by atoms with E-state index in [0.717, 1.165) is 24.1 Å². The summed E-state index contributed by atoms with van der Waals surface area (Å²) in [5.74, 6) is 0.232. The standard InChI is InChI=1S/C11H11N3O/c1-8(15)11(3-4-11)9-6-12-10-2-5-13-14(10)7-9/h2,5-7H,3-4H2,1H3. The molecule has 0 radical (unpaired) electrons. The maximum absolute atomic E-state index is 11.5. The second-order valence-corrected chi connectivity index (χ2v) is 4.11. The number of nitrogens with zero attached hydrogens (tertiary/aromatic N) is 3. The number of ketones is 1. The highest BCUT2D eigenvalue weighted by Crippen LogP contribution is 2.48. The third kappa shape index (κ3) is 1.11. The van der Waals surface area contributed by atoms with Gasteiger partial charge in [-0.25, -0.2) is 9.50 Å². The Bertz CT molecular complexity index is 540. The minimum absolute atomic E-state index is 0.232. The van der Waals surface area contributed by atoms with Gasteiger partial charge in [0.05, 0.1) is 11.6 Å². The number of carbonyl (C=O) groups excluding carboxylic acids is 1. The lowest BCUT2D eigenvalue weighted by molar-refractivity contribution is -0.119. The van der Waals surface area contributed by atoms with E-state index < -0.39 is 0 Å². The zero-order chi connectivity index (χ0) is 10.5. The van der Waals surface area contributed by atoms with E-state index in [1.807, 2.05) is 12.3 Å². The van der Waals surface area contributed by atoms with Crippen LogP contribution < -0.4 is 0 Å². The molecular formula is C11H11N3O. The Morgan fingerprint density at radius 2 is 2.33 bits per heavy atom. The molecule has 0 amide bonds. The van der Waals surface area contributed by atoms with Crippen LogP contribution in [0.1, 0.15) is 25.3 Å². The molecule has 0 aromatic carbocycles. The molecule has 2 aromatic rings. The van der Waals surface area contributed by atoms with Crippen LogP contribution in [-0.4, -0.2) is 20.4 Å². The molecule has 0 unspecified atom stereocenters. The van der Waals surface area contributed by atoms with Gasteiger partial charge in [0, 0.05) is 24.0 Å². The summed E-state index contributed by atoms with van der Waals surface area (Å²) in [5.41, 5.74) is 1.55. The van der Waals surface area contributed by atoms with E-state index in [1.165, 1.54) is 0 Å². The van der Waals surface area contributed by atoms with Crippen molar-refractivity contribution in [3.05, 3.63) is 30.2 Å². The first-order chi connectivity index (χ1) is 7.22. The highest BCUT2D eigenvalue weighted by atomic mass is 16.1. The maximum atomic E-state index is 11.5. The molecule has 0 aliphatic heterocycles. The van der Waals surface area contributed by atoms with Crippen LogP contribution in [-0.2, 0) is 10.2 Å². The summed E-state index contributed by atoms with van der Waals surface area (Å²) in [6, 6.07) is 1.84. The molecule has 76 valence electrons. The average Bonchev–Trinajstić information content (AvgIpc) is 2.91. The predicted molar refractivity (Wildman–Crippen MR) is 54.6 cm³/mol. The molecule has 2 heterocycles. The van der Waals surface area contributed by atoms with Gasteiger partial charge >= 0.3 is 0 Å². The third-order valence-electron chi connectivity index (χ3n) is 3.22.